The Morgan fingerprint density at radius 1 is 1.29 bits per heavy atom. The lowest BCUT2D eigenvalue weighted by molar-refractivity contribution is 0.0848. The minimum Gasteiger partial charge on any atom is -0.497 e. The van der Waals surface area contributed by atoms with Crippen LogP contribution in [-0.4, -0.2) is 12.9 Å². The van der Waals surface area contributed by atoms with Crippen molar-refractivity contribution >= 4 is 21.7 Å². The van der Waals surface area contributed by atoms with Crippen LogP contribution in [0.25, 0.3) is 0 Å². The maximum Gasteiger partial charge on any atom is 0.170 e. The van der Waals surface area contributed by atoms with Crippen LogP contribution in [0, 0.1) is 5.82 Å². The van der Waals surface area contributed by atoms with Gasteiger partial charge in [0.25, 0.3) is 0 Å². The fourth-order valence-electron chi connectivity index (χ4n) is 2.37. The van der Waals surface area contributed by atoms with E-state index in [9.17, 15) is 9.18 Å². The van der Waals surface area contributed by atoms with Crippen LogP contribution in [0.15, 0.2) is 40.9 Å². The Morgan fingerprint density at radius 2 is 2.10 bits per heavy atom. The number of hydrogen-bond donors (Lipinski definition) is 0. The predicted molar refractivity (Wildman–Crippen MR) is 79.4 cm³/mol. The molecule has 0 fully saturated rings. The number of benzene rings is 2. The SMILES string of the molecule is COc1ccc(Br)c(C2CC(=O)c3ccc(F)cc3O2)c1. The molecule has 2 aromatic rings. The zero-order valence-corrected chi connectivity index (χ0v) is 12.8. The van der Waals surface area contributed by atoms with Crippen LogP contribution < -0.4 is 9.47 Å². The molecule has 1 unspecified atom stereocenters. The summed E-state index contributed by atoms with van der Waals surface area (Å²) >= 11 is 3.45. The average molecular weight is 351 g/mol. The molecule has 0 saturated carbocycles. The Balaban J connectivity index is 2.01. The fourth-order valence-corrected chi connectivity index (χ4v) is 2.87. The number of fused-ring (bicyclic) bond motifs is 1. The van der Waals surface area contributed by atoms with E-state index in [2.05, 4.69) is 15.9 Å². The molecular formula is C16H12BrFO3. The molecule has 0 aromatic heterocycles. The summed E-state index contributed by atoms with van der Waals surface area (Å²) in [5, 5.41) is 0. The lowest BCUT2D eigenvalue weighted by atomic mass is 9.96. The zero-order valence-electron chi connectivity index (χ0n) is 11.2. The average Bonchev–Trinajstić information content (AvgIpc) is 2.47. The van der Waals surface area contributed by atoms with Crippen molar-refractivity contribution in [2.45, 2.75) is 12.5 Å². The first kappa shape index (κ1) is 14.1. The second-order valence-corrected chi connectivity index (χ2v) is 5.62. The highest BCUT2D eigenvalue weighted by Crippen LogP contribution is 2.38. The third kappa shape index (κ3) is 2.65. The minimum atomic E-state index is -0.462. The Kier molecular flexibility index (Phi) is 3.68. The maximum absolute atomic E-state index is 13.3. The Hall–Kier alpha value is -1.88. The van der Waals surface area contributed by atoms with Crippen LogP contribution >= 0.6 is 15.9 Å². The Morgan fingerprint density at radius 3 is 2.86 bits per heavy atom. The van der Waals surface area contributed by atoms with E-state index < -0.39 is 11.9 Å². The number of Topliss-reactive ketones (excluding diaryl/α,β-unsaturated/α-hetero) is 1. The van der Waals surface area contributed by atoms with Crippen molar-refractivity contribution in [2.24, 2.45) is 0 Å². The van der Waals surface area contributed by atoms with Gasteiger partial charge in [-0.1, -0.05) is 15.9 Å². The third-order valence-corrected chi connectivity index (χ3v) is 4.16. The molecule has 0 saturated heterocycles. The Bertz CT molecular complexity index is 715. The molecule has 5 heteroatoms. The van der Waals surface area contributed by atoms with Crippen molar-refractivity contribution in [3.8, 4) is 11.5 Å². The first-order valence-corrected chi connectivity index (χ1v) is 7.20. The summed E-state index contributed by atoms with van der Waals surface area (Å²) < 4.78 is 25.1. The monoisotopic (exact) mass is 350 g/mol. The van der Waals surface area contributed by atoms with Gasteiger partial charge >= 0.3 is 0 Å². The quantitative estimate of drug-likeness (QED) is 0.809. The second kappa shape index (κ2) is 5.48. The fraction of sp³-hybridized carbons (Fsp3) is 0.188. The van der Waals surface area contributed by atoms with Gasteiger partial charge in [-0.15, -0.1) is 0 Å². The van der Waals surface area contributed by atoms with Crippen molar-refractivity contribution < 1.29 is 18.7 Å². The molecule has 2 aromatic carbocycles. The molecule has 1 atom stereocenters. The second-order valence-electron chi connectivity index (χ2n) is 4.76. The van der Waals surface area contributed by atoms with Crippen LogP contribution in [-0.2, 0) is 0 Å². The van der Waals surface area contributed by atoms with Crippen molar-refractivity contribution in [1.82, 2.24) is 0 Å². The molecule has 1 aliphatic rings. The molecule has 1 heterocycles. The van der Waals surface area contributed by atoms with E-state index in [1.807, 2.05) is 18.2 Å². The number of methoxy groups -OCH3 is 1. The van der Waals surface area contributed by atoms with Gasteiger partial charge in [0, 0.05) is 16.1 Å². The van der Waals surface area contributed by atoms with Crippen LogP contribution in [0.5, 0.6) is 11.5 Å². The van der Waals surface area contributed by atoms with Crippen molar-refractivity contribution in [1.29, 1.82) is 0 Å². The lowest BCUT2D eigenvalue weighted by Gasteiger charge is -2.26. The largest absolute Gasteiger partial charge is 0.497 e. The van der Waals surface area contributed by atoms with Gasteiger partial charge in [0.15, 0.2) is 5.78 Å². The van der Waals surface area contributed by atoms with Gasteiger partial charge in [0.05, 0.1) is 19.1 Å². The number of hydrogen-bond acceptors (Lipinski definition) is 3. The van der Waals surface area contributed by atoms with E-state index in [0.29, 0.717) is 11.3 Å². The van der Waals surface area contributed by atoms with E-state index in [0.717, 1.165) is 10.0 Å². The molecule has 0 bridgehead atoms. The highest BCUT2D eigenvalue weighted by molar-refractivity contribution is 9.10. The molecule has 21 heavy (non-hydrogen) atoms. The predicted octanol–water partition coefficient (Wildman–Crippen LogP) is 4.30. The highest BCUT2D eigenvalue weighted by Gasteiger charge is 2.29. The number of rotatable bonds is 2. The van der Waals surface area contributed by atoms with E-state index >= 15 is 0 Å². The maximum atomic E-state index is 13.3. The summed E-state index contributed by atoms with van der Waals surface area (Å²) in [7, 11) is 1.57. The number of halogens is 2. The molecule has 0 aliphatic carbocycles. The van der Waals surface area contributed by atoms with Crippen LogP contribution in [0.4, 0.5) is 4.39 Å². The van der Waals surface area contributed by atoms with Gasteiger partial charge in [-0.2, -0.15) is 0 Å². The molecule has 0 radical (unpaired) electrons. The molecule has 0 amide bonds. The van der Waals surface area contributed by atoms with E-state index in [-0.39, 0.29) is 18.0 Å². The summed E-state index contributed by atoms with van der Waals surface area (Å²) in [5.41, 5.74) is 1.23. The first-order chi connectivity index (χ1) is 10.1. The van der Waals surface area contributed by atoms with Gasteiger partial charge in [-0.25, -0.2) is 4.39 Å². The topological polar surface area (TPSA) is 35.5 Å². The van der Waals surface area contributed by atoms with Gasteiger partial charge in [-0.05, 0) is 30.3 Å². The minimum absolute atomic E-state index is 0.0593. The third-order valence-electron chi connectivity index (χ3n) is 3.43. The molecule has 108 valence electrons. The number of ether oxygens (including phenoxy) is 2. The molecule has 1 aliphatic heterocycles. The number of carbonyl (C=O) groups is 1. The smallest absolute Gasteiger partial charge is 0.170 e. The van der Waals surface area contributed by atoms with Crippen molar-refractivity contribution in [3.05, 3.63) is 57.8 Å². The van der Waals surface area contributed by atoms with Gasteiger partial charge in [0.2, 0.25) is 0 Å². The molecule has 3 nitrogen and oxygen atoms in total. The van der Waals surface area contributed by atoms with E-state index in [1.165, 1.54) is 18.2 Å². The van der Waals surface area contributed by atoms with Crippen molar-refractivity contribution in [3.63, 3.8) is 0 Å². The summed E-state index contributed by atoms with van der Waals surface area (Å²) in [5.74, 6) is 0.475. The molecular weight excluding hydrogens is 339 g/mol. The van der Waals surface area contributed by atoms with Crippen LogP contribution in [0.3, 0.4) is 0 Å². The molecule has 0 N–H and O–H groups in total. The van der Waals surface area contributed by atoms with Gasteiger partial charge < -0.3 is 9.47 Å². The Labute approximate surface area is 129 Å². The van der Waals surface area contributed by atoms with Crippen molar-refractivity contribution in [2.75, 3.05) is 7.11 Å². The summed E-state index contributed by atoms with van der Waals surface area (Å²) in [6.45, 7) is 0. The number of carbonyl (C=O) groups excluding carboxylic acids is 1. The van der Waals surface area contributed by atoms with Gasteiger partial charge in [-0.3, -0.25) is 4.79 Å². The lowest BCUT2D eigenvalue weighted by Crippen LogP contribution is -2.20. The highest BCUT2D eigenvalue weighted by atomic mass is 79.9. The summed E-state index contributed by atoms with van der Waals surface area (Å²) in [4.78, 5) is 12.2. The van der Waals surface area contributed by atoms with Crippen LogP contribution in [0.2, 0.25) is 0 Å². The first-order valence-electron chi connectivity index (χ1n) is 6.41. The summed E-state index contributed by atoms with van der Waals surface area (Å²) in [6, 6.07) is 9.43. The normalized spacial score (nSPS) is 17.1. The van der Waals surface area contributed by atoms with E-state index in [1.54, 1.807) is 7.11 Å². The van der Waals surface area contributed by atoms with E-state index in [4.69, 9.17) is 9.47 Å². The standard InChI is InChI=1S/C16H12BrFO3/c1-20-10-3-5-13(17)12(7-10)16-8-14(19)11-4-2-9(18)6-15(11)21-16/h2-7,16H,8H2,1H3. The van der Waals surface area contributed by atoms with Crippen LogP contribution in [0.1, 0.15) is 28.4 Å². The molecule has 0 spiro atoms. The summed E-state index contributed by atoms with van der Waals surface area (Å²) in [6.07, 6.45) is -0.249. The number of ketones is 1. The van der Waals surface area contributed by atoms with Gasteiger partial charge in [0.1, 0.15) is 23.4 Å². The molecule has 3 rings (SSSR count). The zero-order chi connectivity index (χ0) is 15.0.